The summed E-state index contributed by atoms with van der Waals surface area (Å²) in [5, 5.41) is 5.75. The van der Waals surface area contributed by atoms with Gasteiger partial charge in [0.2, 0.25) is 5.91 Å². The van der Waals surface area contributed by atoms with Gasteiger partial charge in [-0.2, -0.15) is 0 Å². The molecule has 0 bridgehead atoms. The Morgan fingerprint density at radius 1 is 1.13 bits per heavy atom. The van der Waals surface area contributed by atoms with Gasteiger partial charge in [-0.1, -0.05) is 38.1 Å². The monoisotopic (exact) mass is 339 g/mol. The van der Waals surface area contributed by atoms with E-state index >= 15 is 0 Å². The molecule has 2 atom stereocenters. The van der Waals surface area contributed by atoms with Crippen molar-refractivity contribution in [1.82, 2.24) is 15.5 Å². The summed E-state index contributed by atoms with van der Waals surface area (Å²) in [5.41, 5.74) is 2.50. The fourth-order valence-corrected chi connectivity index (χ4v) is 3.37. The van der Waals surface area contributed by atoms with Crippen LogP contribution in [0.2, 0.25) is 0 Å². The highest BCUT2D eigenvalue weighted by atomic mass is 35.5. The summed E-state index contributed by atoms with van der Waals surface area (Å²) in [5.74, 6) is 1.62. The first-order chi connectivity index (χ1) is 10.6. The fraction of sp³-hybridized carbons (Fsp3) is 0.611. The predicted octanol–water partition coefficient (Wildman–Crippen LogP) is 2.42. The maximum atomic E-state index is 11.4. The molecular formula is C18H30ClN3O. The normalized spacial score (nSPS) is 21.5. The van der Waals surface area contributed by atoms with Crippen molar-refractivity contribution in [2.75, 3.05) is 26.7 Å². The summed E-state index contributed by atoms with van der Waals surface area (Å²) in [6, 6.07) is 8.60. The first-order valence-electron chi connectivity index (χ1n) is 8.28. The third kappa shape index (κ3) is 6.90. The van der Waals surface area contributed by atoms with Gasteiger partial charge in [-0.15, -0.1) is 12.4 Å². The van der Waals surface area contributed by atoms with Crippen LogP contribution in [0.4, 0.5) is 0 Å². The molecular weight excluding hydrogens is 310 g/mol. The van der Waals surface area contributed by atoms with Crippen molar-refractivity contribution in [1.29, 1.82) is 0 Å². The lowest BCUT2D eigenvalue weighted by Crippen LogP contribution is -2.38. The molecule has 0 saturated carbocycles. The van der Waals surface area contributed by atoms with Crippen molar-refractivity contribution in [3.05, 3.63) is 35.4 Å². The number of hydrogen-bond acceptors (Lipinski definition) is 3. The van der Waals surface area contributed by atoms with Crippen LogP contribution in [0.25, 0.3) is 0 Å². The van der Waals surface area contributed by atoms with E-state index in [1.165, 1.54) is 25.1 Å². The average molecular weight is 340 g/mol. The number of benzene rings is 1. The second kappa shape index (κ2) is 9.91. The molecule has 1 aromatic rings. The van der Waals surface area contributed by atoms with Gasteiger partial charge in [0.25, 0.3) is 0 Å². The van der Waals surface area contributed by atoms with Gasteiger partial charge in [-0.3, -0.25) is 9.69 Å². The van der Waals surface area contributed by atoms with E-state index in [9.17, 15) is 4.79 Å². The Kier molecular flexibility index (Phi) is 8.59. The Morgan fingerprint density at radius 2 is 1.70 bits per heavy atom. The molecule has 5 heteroatoms. The zero-order valence-corrected chi connectivity index (χ0v) is 15.3. The number of carbonyl (C=O) groups is 1. The molecule has 1 amide bonds. The van der Waals surface area contributed by atoms with Gasteiger partial charge < -0.3 is 10.6 Å². The standard InChI is InChI=1S/C18H29N3O.ClH/c1-14-8-15(2)12-21(11-14)13-17-6-4-16(5-7-17)9-20-18(22)10-19-3;/h4-7,14-15,19H,8-13H2,1-3H3,(H,20,22);1H. The van der Waals surface area contributed by atoms with Crippen LogP contribution >= 0.6 is 12.4 Å². The summed E-state index contributed by atoms with van der Waals surface area (Å²) in [6.45, 7) is 9.08. The molecule has 130 valence electrons. The van der Waals surface area contributed by atoms with E-state index in [0.29, 0.717) is 13.1 Å². The minimum atomic E-state index is 0. The van der Waals surface area contributed by atoms with Gasteiger partial charge in [0.05, 0.1) is 6.54 Å². The molecule has 1 saturated heterocycles. The van der Waals surface area contributed by atoms with Crippen LogP contribution in [0.5, 0.6) is 0 Å². The lowest BCUT2D eigenvalue weighted by Gasteiger charge is -2.35. The molecule has 1 aromatic carbocycles. The average Bonchev–Trinajstić information content (AvgIpc) is 2.46. The highest BCUT2D eigenvalue weighted by Gasteiger charge is 2.21. The van der Waals surface area contributed by atoms with E-state index in [4.69, 9.17) is 0 Å². The molecule has 4 nitrogen and oxygen atoms in total. The molecule has 0 aliphatic carbocycles. The minimum Gasteiger partial charge on any atom is -0.351 e. The molecule has 2 unspecified atom stereocenters. The van der Waals surface area contributed by atoms with E-state index in [0.717, 1.165) is 23.9 Å². The molecule has 23 heavy (non-hydrogen) atoms. The van der Waals surface area contributed by atoms with Crippen LogP contribution in [-0.2, 0) is 17.9 Å². The van der Waals surface area contributed by atoms with E-state index in [1.54, 1.807) is 7.05 Å². The van der Waals surface area contributed by atoms with E-state index in [-0.39, 0.29) is 18.3 Å². The van der Waals surface area contributed by atoms with Crippen LogP contribution in [0, 0.1) is 11.8 Å². The van der Waals surface area contributed by atoms with Crippen LogP contribution in [0.3, 0.4) is 0 Å². The van der Waals surface area contributed by atoms with Crippen molar-refractivity contribution in [2.45, 2.75) is 33.4 Å². The number of nitrogens with one attached hydrogen (secondary N) is 2. The number of likely N-dealkylation sites (N-methyl/N-ethyl adjacent to an activating group) is 1. The summed E-state index contributed by atoms with van der Waals surface area (Å²) < 4.78 is 0. The number of nitrogens with zero attached hydrogens (tertiary/aromatic N) is 1. The zero-order valence-electron chi connectivity index (χ0n) is 14.5. The summed E-state index contributed by atoms with van der Waals surface area (Å²) in [7, 11) is 1.77. The molecule has 2 N–H and O–H groups in total. The number of hydrogen-bond donors (Lipinski definition) is 2. The Hall–Kier alpha value is -1.10. The predicted molar refractivity (Wildman–Crippen MR) is 97.7 cm³/mol. The van der Waals surface area contributed by atoms with Gasteiger partial charge in [-0.25, -0.2) is 0 Å². The lowest BCUT2D eigenvalue weighted by molar-refractivity contribution is -0.120. The Bertz CT molecular complexity index is 468. The van der Waals surface area contributed by atoms with Crippen LogP contribution < -0.4 is 10.6 Å². The molecule has 0 aromatic heterocycles. The van der Waals surface area contributed by atoms with Crippen molar-refractivity contribution in [3.63, 3.8) is 0 Å². The number of piperidine rings is 1. The Balaban J connectivity index is 0.00000264. The van der Waals surface area contributed by atoms with E-state index in [2.05, 4.69) is 53.6 Å². The fourth-order valence-electron chi connectivity index (χ4n) is 3.37. The molecule has 0 spiro atoms. The third-order valence-electron chi connectivity index (χ3n) is 4.20. The smallest absolute Gasteiger partial charge is 0.234 e. The number of halogens is 1. The second-order valence-corrected chi connectivity index (χ2v) is 6.76. The quantitative estimate of drug-likeness (QED) is 0.836. The molecule has 1 aliphatic heterocycles. The summed E-state index contributed by atoms with van der Waals surface area (Å²) in [4.78, 5) is 14.0. The summed E-state index contributed by atoms with van der Waals surface area (Å²) in [6.07, 6.45) is 1.35. The molecule has 0 radical (unpaired) electrons. The highest BCUT2D eigenvalue weighted by Crippen LogP contribution is 2.22. The maximum Gasteiger partial charge on any atom is 0.234 e. The molecule has 1 aliphatic rings. The van der Waals surface area contributed by atoms with Crippen molar-refractivity contribution >= 4 is 18.3 Å². The number of amides is 1. The largest absolute Gasteiger partial charge is 0.351 e. The van der Waals surface area contributed by atoms with Crippen LogP contribution in [0.1, 0.15) is 31.4 Å². The zero-order chi connectivity index (χ0) is 15.9. The third-order valence-corrected chi connectivity index (χ3v) is 4.20. The van der Waals surface area contributed by atoms with Crippen molar-refractivity contribution < 1.29 is 4.79 Å². The number of carbonyl (C=O) groups excluding carboxylic acids is 1. The van der Waals surface area contributed by atoms with Gasteiger partial charge in [0.15, 0.2) is 0 Å². The van der Waals surface area contributed by atoms with E-state index < -0.39 is 0 Å². The Morgan fingerprint density at radius 3 is 2.26 bits per heavy atom. The van der Waals surface area contributed by atoms with Gasteiger partial charge in [0, 0.05) is 26.2 Å². The lowest BCUT2D eigenvalue weighted by atomic mass is 9.91. The second-order valence-electron chi connectivity index (χ2n) is 6.76. The van der Waals surface area contributed by atoms with Crippen molar-refractivity contribution in [3.8, 4) is 0 Å². The maximum absolute atomic E-state index is 11.4. The summed E-state index contributed by atoms with van der Waals surface area (Å²) >= 11 is 0. The highest BCUT2D eigenvalue weighted by molar-refractivity contribution is 5.85. The minimum absolute atomic E-state index is 0. The first kappa shape index (κ1) is 19.9. The van der Waals surface area contributed by atoms with Crippen molar-refractivity contribution in [2.24, 2.45) is 11.8 Å². The molecule has 1 fully saturated rings. The first-order valence-corrected chi connectivity index (χ1v) is 8.28. The topological polar surface area (TPSA) is 44.4 Å². The van der Waals surface area contributed by atoms with Crippen LogP contribution in [0.15, 0.2) is 24.3 Å². The van der Waals surface area contributed by atoms with Gasteiger partial charge >= 0.3 is 0 Å². The Labute approximate surface area is 146 Å². The van der Waals surface area contributed by atoms with E-state index in [1.807, 2.05) is 0 Å². The number of likely N-dealkylation sites (tertiary alicyclic amines) is 1. The van der Waals surface area contributed by atoms with Gasteiger partial charge in [-0.05, 0) is 36.4 Å². The van der Waals surface area contributed by atoms with Crippen LogP contribution in [-0.4, -0.2) is 37.5 Å². The van der Waals surface area contributed by atoms with Gasteiger partial charge in [0.1, 0.15) is 0 Å². The molecule has 1 heterocycles. The number of rotatable bonds is 6. The SMILES string of the molecule is CNCC(=O)NCc1ccc(CN2CC(C)CC(C)C2)cc1.Cl. The molecule has 2 rings (SSSR count).